The predicted molar refractivity (Wildman–Crippen MR) is 67.7 cm³/mol. The highest BCUT2D eigenvalue weighted by Gasteiger charge is 2.08. The molecule has 0 aromatic heterocycles. The number of phenols is 1. The number of hydrogen-bond donors (Lipinski definition) is 2. The molecule has 0 spiro atoms. The van der Waals surface area contributed by atoms with E-state index >= 15 is 0 Å². The highest BCUT2D eigenvalue weighted by atomic mass is 16.3. The summed E-state index contributed by atoms with van der Waals surface area (Å²) in [5.41, 5.74) is 1.66. The number of carbonyl (C=O) groups excluding carboxylic acids is 2. The minimum atomic E-state index is -0.132. The Morgan fingerprint density at radius 1 is 0.944 bits per heavy atom. The van der Waals surface area contributed by atoms with E-state index in [0.29, 0.717) is 23.2 Å². The standard InChI is InChI=1S/C14H11NO3/c16-9-15-12-5-1-10(2-6-12)14(18)11-3-7-13(17)8-4-11/h1-9,17H,(H,15,16). The van der Waals surface area contributed by atoms with Crippen LogP contribution in [0.25, 0.3) is 0 Å². The van der Waals surface area contributed by atoms with E-state index in [9.17, 15) is 9.59 Å². The van der Waals surface area contributed by atoms with E-state index < -0.39 is 0 Å². The zero-order valence-corrected chi connectivity index (χ0v) is 9.46. The summed E-state index contributed by atoms with van der Waals surface area (Å²) in [6.07, 6.45) is 0.580. The third kappa shape index (κ3) is 2.55. The molecule has 0 atom stereocenters. The molecule has 4 nitrogen and oxygen atoms in total. The monoisotopic (exact) mass is 241 g/mol. The summed E-state index contributed by atoms with van der Waals surface area (Å²) in [5, 5.41) is 11.6. The first-order chi connectivity index (χ1) is 8.70. The Hall–Kier alpha value is -2.62. The molecule has 90 valence electrons. The summed E-state index contributed by atoms with van der Waals surface area (Å²) in [4.78, 5) is 22.3. The average molecular weight is 241 g/mol. The first-order valence-electron chi connectivity index (χ1n) is 5.34. The van der Waals surface area contributed by atoms with Crippen LogP contribution in [0.1, 0.15) is 15.9 Å². The lowest BCUT2D eigenvalue weighted by Crippen LogP contribution is -2.01. The summed E-state index contributed by atoms with van der Waals surface area (Å²) < 4.78 is 0. The lowest BCUT2D eigenvalue weighted by Gasteiger charge is -2.03. The van der Waals surface area contributed by atoms with Gasteiger partial charge in [0.2, 0.25) is 6.41 Å². The molecule has 0 aliphatic rings. The Bertz CT molecular complexity index is 559. The molecule has 0 heterocycles. The topological polar surface area (TPSA) is 66.4 Å². The maximum Gasteiger partial charge on any atom is 0.211 e. The maximum absolute atomic E-state index is 12.1. The zero-order valence-electron chi connectivity index (χ0n) is 9.46. The second kappa shape index (κ2) is 5.14. The van der Waals surface area contributed by atoms with Crippen molar-refractivity contribution in [3.8, 4) is 5.75 Å². The van der Waals surface area contributed by atoms with Crippen LogP contribution in [0.2, 0.25) is 0 Å². The number of phenolic OH excluding ortho intramolecular Hbond substituents is 1. The maximum atomic E-state index is 12.1. The smallest absolute Gasteiger partial charge is 0.211 e. The third-order valence-corrected chi connectivity index (χ3v) is 2.50. The molecule has 4 heteroatoms. The molecule has 0 aliphatic heterocycles. The predicted octanol–water partition coefficient (Wildman–Crippen LogP) is 2.19. The fraction of sp³-hybridized carbons (Fsp3) is 0. The van der Waals surface area contributed by atoms with Gasteiger partial charge < -0.3 is 10.4 Å². The number of carbonyl (C=O) groups is 2. The fourth-order valence-electron chi connectivity index (χ4n) is 1.57. The fourth-order valence-corrected chi connectivity index (χ4v) is 1.57. The lowest BCUT2D eigenvalue weighted by atomic mass is 10.0. The lowest BCUT2D eigenvalue weighted by molar-refractivity contribution is -0.105. The van der Waals surface area contributed by atoms with Crippen LogP contribution in [0, 0.1) is 0 Å². The van der Waals surface area contributed by atoms with Crippen molar-refractivity contribution in [3.05, 3.63) is 59.7 Å². The summed E-state index contributed by atoms with van der Waals surface area (Å²) >= 11 is 0. The molecule has 0 bridgehead atoms. The van der Waals surface area contributed by atoms with E-state index in [1.165, 1.54) is 12.1 Å². The molecule has 2 aromatic carbocycles. The molecule has 0 unspecified atom stereocenters. The van der Waals surface area contributed by atoms with Gasteiger partial charge in [-0.1, -0.05) is 0 Å². The van der Waals surface area contributed by atoms with Gasteiger partial charge in [0, 0.05) is 16.8 Å². The zero-order chi connectivity index (χ0) is 13.0. The van der Waals surface area contributed by atoms with E-state index in [-0.39, 0.29) is 11.5 Å². The van der Waals surface area contributed by atoms with Crippen molar-refractivity contribution in [2.45, 2.75) is 0 Å². The van der Waals surface area contributed by atoms with E-state index in [1.54, 1.807) is 36.4 Å². The van der Waals surface area contributed by atoms with Crippen molar-refractivity contribution >= 4 is 17.9 Å². The van der Waals surface area contributed by atoms with Crippen LogP contribution < -0.4 is 5.32 Å². The molecule has 2 rings (SSSR count). The van der Waals surface area contributed by atoms with Gasteiger partial charge in [0.25, 0.3) is 0 Å². The minimum absolute atomic E-state index is 0.122. The van der Waals surface area contributed by atoms with Crippen LogP contribution in [0.15, 0.2) is 48.5 Å². The van der Waals surface area contributed by atoms with Crippen molar-refractivity contribution in [1.29, 1.82) is 0 Å². The van der Waals surface area contributed by atoms with Gasteiger partial charge in [-0.3, -0.25) is 9.59 Å². The number of hydrogen-bond acceptors (Lipinski definition) is 3. The van der Waals surface area contributed by atoms with E-state index in [0.717, 1.165) is 0 Å². The highest BCUT2D eigenvalue weighted by Crippen LogP contribution is 2.15. The number of benzene rings is 2. The molecule has 2 aromatic rings. The van der Waals surface area contributed by atoms with Gasteiger partial charge in [-0.15, -0.1) is 0 Å². The molecule has 2 N–H and O–H groups in total. The van der Waals surface area contributed by atoms with Crippen molar-refractivity contribution in [1.82, 2.24) is 0 Å². The van der Waals surface area contributed by atoms with Crippen molar-refractivity contribution in [2.75, 3.05) is 5.32 Å². The molecular weight excluding hydrogens is 230 g/mol. The normalized spacial score (nSPS) is 9.78. The Kier molecular flexibility index (Phi) is 3.38. The third-order valence-electron chi connectivity index (χ3n) is 2.50. The van der Waals surface area contributed by atoms with Crippen LogP contribution in [0.3, 0.4) is 0 Å². The number of rotatable bonds is 4. The Morgan fingerprint density at radius 2 is 1.44 bits per heavy atom. The van der Waals surface area contributed by atoms with Crippen molar-refractivity contribution in [2.24, 2.45) is 0 Å². The first-order valence-corrected chi connectivity index (χ1v) is 5.34. The van der Waals surface area contributed by atoms with Gasteiger partial charge in [0.05, 0.1) is 0 Å². The van der Waals surface area contributed by atoms with Crippen LogP contribution >= 0.6 is 0 Å². The average Bonchev–Trinajstić information content (AvgIpc) is 2.40. The van der Waals surface area contributed by atoms with Crippen LogP contribution in [-0.2, 0) is 4.79 Å². The van der Waals surface area contributed by atoms with Gasteiger partial charge in [-0.25, -0.2) is 0 Å². The summed E-state index contributed by atoms with van der Waals surface area (Å²) in [6.45, 7) is 0. The number of ketones is 1. The second-order valence-electron chi connectivity index (χ2n) is 3.72. The van der Waals surface area contributed by atoms with Gasteiger partial charge in [-0.05, 0) is 48.5 Å². The molecule has 0 aliphatic carbocycles. The van der Waals surface area contributed by atoms with Gasteiger partial charge in [0.1, 0.15) is 5.75 Å². The SMILES string of the molecule is O=CNc1ccc(C(=O)c2ccc(O)cc2)cc1. The summed E-state index contributed by atoms with van der Waals surface area (Å²) in [7, 11) is 0. The number of aromatic hydroxyl groups is 1. The molecule has 0 saturated heterocycles. The molecule has 0 fully saturated rings. The van der Waals surface area contributed by atoms with Gasteiger partial charge in [-0.2, -0.15) is 0 Å². The van der Waals surface area contributed by atoms with Gasteiger partial charge in [0.15, 0.2) is 5.78 Å². The van der Waals surface area contributed by atoms with Crippen LogP contribution in [-0.4, -0.2) is 17.3 Å². The first kappa shape index (κ1) is 11.9. The highest BCUT2D eigenvalue weighted by molar-refractivity contribution is 6.09. The molecule has 0 radical (unpaired) electrons. The Balaban J connectivity index is 2.23. The van der Waals surface area contributed by atoms with E-state index in [4.69, 9.17) is 5.11 Å². The number of amides is 1. The van der Waals surface area contributed by atoms with Crippen LogP contribution in [0.5, 0.6) is 5.75 Å². The Labute approximate surface area is 104 Å². The number of nitrogens with one attached hydrogen (secondary N) is 1. The Morgan fingerprint density at radius 3 is 1.94 bits per heavy atom. The summed E-state index contributed by atoms with van der Waals surface area (Å²) in [6, 6.07) is 12.7. The molecule has 1 amide bonds. The van der Waals surface area contributed by atoms with Crippen molar-refractivity contribution < 1.29 is 14.7 Å². The van der Waals surface area contributed by atoms with E-state index in [2.05, 4.69) is 5.32 Å². The second-order valence-corrected chi connectivity index (χ2v) is 3.72. The van der Waals surface area contributed by atoms with Gasteiger partial charge >= 0.3 is 0 Å². The number of anilines is 1. The van der Waals surface area contributed by atoms with E-state index in [1.807, 2.05) is 0 Å². The van der Waals surface area contributed by atoms with Crippen LogP contribution in [0.4, 0.5) is 5.69 Å². The molecule has 18 heavy (non-hydrogen) atoms. The minimum Gasteiger partial charge on any atom is -0.508 e. The molecule has 0 saturated carbocycles. The molecular formula is C14H11NO3. The van der Waals surface area contributed by atoms with Crippen molar-refractivity contribution in [3.63, 3.8) is 0 Å². The summed E-state index contributed by atoms with van der Waals surface area (Å²) in [5.74, 6) is -0.00951. The largest absolute Gasteiger partial charge is 0.508 e. The quantitative estimate of drug-likeness (QED) is 0.637.